The van der Waals surface area contributed by atoms with Crippen molar-refractivity contribution < 1.29 is 23.0 Å². The molecule has 2 aliphatic rings. The molecule has 1 aromatic rings. The summed E-state index contributed by atoms with van der Waals surface area (Å²) in [6, 6.07) is 6.68. The second-order valence-electron chi connectivity index (χ2n) is 6.70. The van der Waals surface area contributed by atoms with Crippen molar-refractivity contribution in [2.75, 3.05) is 38.2 Å². The number of hydrogen-bond acceptors (Lipinski definition) is 5. The summed E-state index contributed by atoms with van der Waals surface area (Å²) in [5, 5.41) is 6.31. The summed E-state index contributed by atoms with van der Waals surface area (Å²) in [6.07, 6.45) is 2.01. The first-order chi connectivity index (χ1) is 12.5. The molecule has 1 atom stereocenters. The Labute approximate surface area is 151 Å². The Balaban J connectivity index is 1.63. The van der Waals surface area contributed by atoms with E-state index in [2.05, 4.69) is 15.4 Å². The van der Waals surface area contributed by atoms with Crippen LogP contribution in [0.1, 0.15) is 19.3 Å². The van der Waals surface area contributed by atoms with E-state index in [0.29, 0.717) is 31.6 Å². The van der Waals surface area contributed by atoms with Crippen LogP contribution in [0, 0.1) is 0 Å². The van der Waals surface area contributed by atoms with Crippen molar-refractivity contribution in [1.29, 1.82) is 0 Å². The lowest BCUT2D eigenvalue weighted by atomic mass is 9.90. The molecule has 2 fully saturated rings. The first-order valence-corrected chi connectivity index (χ1v) is 8.90. The van der Waals surface area contributed by atoms with Gasteiger partial charge in [-0.15, -0.1) is 0 Å². The average molecular weight is 369 g/mol. The standard InChI is InChI=1S/C18H25F2N3O3/c1-25-18(7-9-21-10-8-18)16(24)22-13-6-11-23(12-13)14-4-2-3-5-15(14)26-17(19)20/h2-5,13,17,21H,6-12H2,1H3,(H,22,24). The summed E-state index contributed by atoms with van der Waals surface area (Å²) in [6.45, 7) is -0.160. The zero-order valence-electron chi connectivity index (χ0n) is 14.8. The number of carbonyl (C=O) groups is 1. The number of benzene rings is 1. The maximum atomic E-state index is 12.8. The average Bonchev–Trinajstić information content (AvgIpc) is 3.10. The topological polar surface area (TPSA) is 62.8 Å². The lowest BCUT2D eigenvalue weighted by molar-refractivity contribution is -0.147. The van der Waals surface area contributed by atoms with Crippen molar-refractivity contribution in [1.82, 2.24) is 10.6 Å². The van der Waals surface area contributed by atoms with Crippen molar-refractivity contribution in [3.63, 3.8) is 0 Å². The smallest absolute Gasteiger partial charge is 0.387 e. The molecule has 6 nitrogen and oxygen atoms in total. The van der Waals surface area contributed by atoms with Crippen molar-refractivity contribution in [3.05, 3.63) is 24.3 Å². The monoisotopic (exact) mass is 369 g/mol. The minimum Gasteiger partial charge on any atom is -0.433 e. The van der Waals surface area contributed by atoms with Crippen LogP contribution in [0.2, 0.25) is 0 Å². The quantitative estimate of drug-likeness (QED) is 0.800. The Morgan fingerprint density at radius 1 is 1.35 bits per heavy atom. The van der Waals surface area contributed by atoms with Crippen LogP contribution in [-0.4, -0.2) is 57.5 Å². The molecule has 0 aliphatic carbocycles. The van der Waals surface area contributed by atoms with Gasteiger partial charge in [-0.05, 0) is 44.5 Å². The van der Waals surface area contributed by atoms with Gasteiger partial charge in [-0.2, -0.15) is 8.78 Å². The summed E-state index contributed by atoms with van der Waals surface area (Å²) in [5.41, 5.74) is -0.164. The summed E-state index contributed by atoms with van der Waals surface area (Å²) >= 11 is 0. The van der Waals surface area contributed by atoms with Gasteiger partial charge in [0.15, 0.2) is 0 Å². The highest BCUT2D eigenvalue weighted by atomic mass is 19.3. The van der Waals surface area contributed by atoms with Crippen LogP contribution in [-0.2, 0) is 9.53 Å². The maximum absolute atomic E-state index is 12.8. The van der Waals surface area contributed by atoms with Gasteiger partial charge in [0, 0.05) is 26.2 Å². The normalized spacial score (nSPS) is 22.5. The molecule has 144 valence electrons. The molecule has 3 rings (SSSR count). The fourth-order valence-electron chi connectivity index (χ4n) is 3.68. The number of hydrogen-bond donors (Lipinski definition) is 2. The van der Waals surface area contributed by atoms with Crippen LogP contribution < -0.4 is 20.3 Å². The van der Waals surface area contributed by atoms with E-state index in [1.54, 1.807) is 25.3 Å². The molecule has 2 N–H and O–H groups in total. The SMILES string of the molecule is COC1(C(=O)NC2CCN(c3ccccc3OC(F)F)C2)CCNCC1. The number of carbonyl (C=O) groups excluding carboxylic acids is 1. The summed E-state index contributed by atoms with van der Waals surface area (Å²) < 4.78 is 35.4. The van der Waals surface area contributed by atoms with Crippen molar-refractivity contribution in [3.8, 4) is 5.75 Å². The second kappa shape index (κ2) is 8.18. The Bertz CT molecular complexity index is 623. The van der Waals surface area contributed by atoms with E-state index in [4.69, 9.17) is 4.74 Å². The molecule has 0 bridgehead atoms. The molecule has 0 saturated carbocycles. The van der Waals surface area contributed by atoms with Crippen LogP contribution >= 0.6 is 0 Å². The molecule has 8 heteroatoms. The number of piperidine rings is 1. The molecule has 1 amide bonds. The lowest BCUT2D eigenvalue weighted by Crippen LogP contribution is -2.56. The molecule has 0 spiro atoms. The number of halogens is 2. The first kappa shape index (κ1) is 18.8. The van der Waals surface area contributed by atoms with Crippen LogP contribution in [0.15, 0.2) is 24.3 Å². The summed E-state index contributed by atoms with van der Waals surface area (Å²) in [5.74, 6) is 0.0617. The number of amides is 1. The molecule has 0 aromatic heterocycles. The molecule has 26 heavy (non-hydrogen) atoms. The molecule has 1 aromatic carbocycles. The number of nitrogens with zero attached hydrogens (tertiary/aromatic N) is 1. The second-order valence-corrected chi connectivity index (χ2v) is 6.70. The van der Waals surface area contributed by atoms with E-state index in [0.717, 1.165) is 19.5 Å². The third-order valence-electron chi connectivity index (χ3n) is 5.16. The third kappa shape index (κ3) is 4.07. The molecule has 1 unspecified atom stereocenters. The first-order valence-electron chi connectivity index (χ1n) is 8.90. The highest BCUT2D eigenvalue weighted by Gasteiger charge is 2.41. The van der Waals surface area contributed by atoms with Gasteiger partial charge >= 0.3 is 6.61 Å². The molecule has 2 heterocycles. The van der Waals surface area contributed by atoms with E-state index < -0.39 is 12.2 Å². The molecular formula is C18H25F2N3O3. The van der Waals surface area contributed by atoms with E-state index in [1.165, 1.54) is 6.07 Å². The fourth-order valence-corrected chi connectivity index (χ4v) is 3.68. The number of para-hydroxylation sites is 2. The van der Waals surface area contributed by atoms with E-state index >= 15 is 0 Å². The Hall–Kier alpha value is -1.93. The summed E-state index contributed by atoms with van der Waals surface area (Å²) in [7, 11) is 1.57. The van der Waals surface area contributed by atoms with Crippen molar-refractivity contribution >= 4 is 11.6 Å². The number of methoxy groups -OCH3 is 1. The van der Waals surface area contributed by atoms with Crippen LogP contribution in [0.25, 0.3) is 0 Å². The van der Waals surface area contributed by atoms with Gasteiger partial charge in [-0.25, -0.2) is 0 Å². The summed E-state index contributed by atoms with van der Waals surface area (Å²) in [4.78, 5) is 14.7. The van der Waals surface area contributed by atoms with Gasteiger partial charge in [0.25, 0.3) is 5.91 Å². The van der Waals surface area contributed by atoms with Crippen LogP contribution in [0.4, 0.5) is 14.5 Å². The third-order valence-corrected chi connectivity index (χ3v) is 5.16. The van der Waals surface area contributed by atoms with Gasteiger partial charge in [0.05, 0.1) is 5.69 Å². The molecule has 0 radical (unpaired) electrons. The van der Waals surface area contributed by atoms with Crippen LogP contribution in [0.3, 0.4) is 0 Å². The minimum atomic E-state index is -2.87. The van der Waals surface area contributed by atoms with Crippen molar-refractivity contribution in [2.45, 2.75) is 37.5 Å². The number of ether oxygens (including phenoxy) is 2. The Kier molecular flexibility index (Phi) is 5.93. The van der Waals surface area contributed by atoms with Gasteiger partial charge < -0.3 is 25.0 Å². The molecular weight excluding hydrogens is 344 g/mol. The Morgan fingerprint density at radius 2 is 2.08 bits per heavy atom. The number of nitrogens with one attached hydrogen (secondary N) is 2. The van der Waals surface area contributed by atoms with Gasteiger partial charge in [0.2, 0.25) is 0 Å². The fraction of sp³-hybridized carbons (Fsp3) is 0.611. The van der Waals surface area contributed by atoms with E-state index in [1.807, 2.05) is 4.90 Å². The van der Waals surface area contributed by atoms with Gasteiger partial charge in [-0.3, -0.25) is 4.79 Å². The van der Waals surface area contributed by atoms with Crippen molar-refractivity contribution in [2.24, 2.45) is 0 Å². The van der Waals surface area contributed by atoms with Gasteiger partial charge in [-0.1, -0.05) is 12.1 Å². The highest BCUT2D eigenvalue weighted by molar-refractivity contribution is 5.85. The number of rotatable bonds is 6. The largest absolute Gasteiger partial charge is 0.433 e. The zero-order valence-corrected chi connectivity index (χ0v) is 14.8. The predicted octanol–water partition coefficient (Wildman–Crippen LogP) is 1.75. The van der Waals surface area contributed by atoms with E-state index in [9.17, 15) is 13.6 Å². The maximum Gasteiger partial charge on any atom is 0.387 e. The Morgan fingerprint density at radius 3 is 2.77 bits per heavy atom. The van der Waals surface area contributed by atoms with E-state index in [-0.39, 0.29) is 17.7 Å². The molecule has 2 aliphatic heterocycles. The minimum absolute atomic E-state index is 0.0518. The van der Waals surface area contributed by atoms with Crippen LogP contribution in [0.5, 0.6) is 5.75 Å². The predicted molar refractivity (Wildman–Crippen MR) is 93.7 cm³/mol. The highest BCUT2D eigenvalue weighted by Crippen LogP contribution is 2.32. The number of anilines is 1. The lowest BCUT2D eigenvalue weighted by Gasteiger charge is -2.35. The zero-order chi connectivity index (χ0) is 18.6. The van der Waals surface area contributed by atoms with Gasteiger partial charge in [0.1, 0.15) is 11.4 Å². The number of alkyl halides is 2. The molecule has 2 saturated heterocycles.